The predicted octanol–water partition coefficient (Wildman–Crippen LogP) is 3.43. The van der Waals surface area contributed by atoms with Gasteiger partial charge >= 0.3 is 6.18 Å². The quantitative estimate of drug-likeness (QED) is 0.364. The lowest BCUT2D eigenvalue weighted by atomic mass is 10.1. The summed E-state index contributed by atoms with van der Waals surface area (Å²) < 4.78 is 37.5. The Kier molecular flexibility index (Phi) is 9.27. The highest BCUT2D eigenvalue weighted by atomic mass is 127. The Morgan fingerprint density at radius 2 is 1.92 bits per heavy atom. The number of guanidine groups is 1. The molecule has 0 spiro atoms. The van der Waals surface area contributed by atoms with Gasteiger partial charge in [0.2, 0.25) is 0 Å². The van der Waals surface area contributed by atoms with Crippen molar-refractivity contribution < 1.29 is 13.2 Å². The third-order valence-electron chi connectivity index (χ3n) is 3.52. The van der Waals surface area contributed by atoms with Crippen LogP contribution in [0.2, 0.25) is 0 Å². The van der Waals surface area contributed by atoms with Gasteiger partial charge in [-0.2, -0.15) is 13.2 Å². The molecule has 0 atom stereocenters. The molecule has 2 aromatic rings. The number of aromatic nitrogens is 2. The highest BCUT2D eigenvalue weighted by Crippen LogP contribution is 2.29. The van der Waals surface area contributed by atoms with E-state index in [1.807, 2.05) is 19.2 Å². The van der Waals surface area contributed by atoms with E-state index in [0.717, 1.165) is 28.7 Å². The zero-order valence-electron chi connectivity index (χ0n) is 14.4. The molecule has 0 saturated carbocycles. The number of nitrogens with zero attached hydrogens (tertiary/aromatic N) is 3. The van der Waals surface area contributed by atoms with Crippen LogP contribution in [0.15, 0.2) is 28.8 Å². The summed E-state index contributed by atoms with van der Waals surface area (Å²) in [5, 5.41) is 7.75. The van der Waals surface area contributed by atoms with E-state index in [2.05, 4.69) is 25.6 Å². The van der Waals surface area contributed by atoms with Gasteiger partial charge in [0.05, 0.1) is 5.01 Å². The van der Waals surface area contributed by atoms with Crippen LogP contribution in [0.5, 0.6) is 0 Å². The van der Waals surface area contributed by atoms with Gasteiger partial charge in [0.25, 0.3) is 0 Å². The average molecular weight is 499 g/mol. The first-order valence-corrected chi connectivity index (χ1v) is 8.63. The Bertz CT molecular complexity index is 718. The lowest BCUT2D eigenvalue weighted by molar-refractivity contribution is -0.140. The lowest BCUT2D eigenvalue weighted by Gasteiger charge is -2.12. The zero-order valence-corrected chi connectivity index (χ0v) is 17.6. The van der Waals surface area contributed by atoms with Crippen molar-refractivity contribution in [2.45, 2.75) is 25.9 Å². The van der Waals surface area contributed by atoms with Crippen molar-refractivity contribution in [3.8, 4) is 0 Å². The SMILES string of the molecule is CN=C(NCCc1nc(C(F)(F)F)cs1)NCCc1ccncc1C.I. The number of thiazole rings is 1. The summed E-state index contributed by atoms with van der Waals surface area (Å²) in [6.45, 7) is 3.16. The molecule has 0 radical (unpaired) electrons. The van der Waals surface area contributed by atoms with Crippen LogP contribution in [0.25, 0.3) is 0 Å². The number of pyridine rings is 1. The summed E-state index contributed by atoms with van der Waals surface area (Å²) in [4.78, 5) is 11.8. The topological polar surface area (TPSA) is 62.2 Å². The molecule has 2 N–H and O–H groups in total. The number of nitrogens with one attached hydrogen (secondary N) is 2. The molecule has 26 heavy (non-hydrogen) atoms. The summed E-state index contributed by atoms with van der Waals surface area (Å²) >= 11 is 1.02. The Hall–Kier alpha value is -1.43. The first kappa shape index (κ1) is 22.6. The minimum atomic E-state index is -4.38. The molecule has 0 aliphatic carbocycles. The van der Waals surface area contributed by atoms with Gasteiger partial charge in [0.15, 0.2) is 11.7 Å². The fourth-order valence-electron chi connectivity index (χ4n) is 2.16. The van der Waals surface area contributed by atoms with E-state index in [1.165, 1.54) is 5.56 Å². The summed E-state index contributed by atoms with van der Waals surface area (Å²) in [5.41, 5.74) is 1.51. The lowest BCUT2D eigenvalue weighted by Crippen LogP contribution is -2.39. The molecule has 2 heterocycles. The van der Waals surface area contributed by atoms with E-state index < -0.39 is 11.9 Å². The van der Waals surface area contributed by atoms with Gasteiger partial charge in [0, 0.05) is 44.3 Å². The van der Waals surface area contributed by atoms with Gasteiger partial charge < -0.3 is 10.6 Å². The van der Waals surface area contributed by atoms with Crippen molar-refractivity contribution >= 4 is 41.3 Å². The Morgan fingerprint density at radius 1 is 1.23 bits per heavy atom. The van der Waals surface area contributed by atoms with E-state index in [9.17, 15) is 13.2 Å². The Morgan fingerprint density at radius 3 is 2.50 bits per heavy atom. The van der Waals surface area contributed by atoms with E-state index >= 15 is 0 Å². The molecule has 2 rings (SSSR count). The Balaban J connectivity index is 0.00000338. The second-order valence-electron chi connectivity index (χ2n) is 5.35. The predicted molar refractivity (Wildman–Crippen MR) is 108 cm³/mol. The normalized spacial score (nSPS) is 11.8. The largest absolute Gasteiger partial charge is 0.434 e. The number of aliphatic imine (C=N–C) groups is 1. The van der Waals surface area contributed by atoms with E-state index in [-0.39, 0.29) is 24.0 Å². The number of alkyl halides is 3. The number of aryl methyl sites for hydroxylation is 1. The maximum atomic E-state index is 12.5. The standard InChI is InChI=1S/C16H20F3N5S.HI/c1-11-9-21-6-3-12(11)4-7-22-15(20-2)23-8-5-14-24-13(10-25-14)16(17,18)19;/h3,6,9-10H,4-5,7-8H2,1-2H3,(H2,20,22,23);1H. The molecule has 0 aliphatic rings. The fourth-order valence-corrected chi connectivity index (χ4v) is 2.97. The zero-order chi connectivity index (χ0) is 18.3. The van der Waals surface area contributed by atoms with Gasteiger partial charge in [-0.05, 0) is 30.5 Å². The average Bonchev–Trinajstić information content (AvgIpc) is 3.04. The first-order chi connectivity index (χ1) is 11.9. The molecule has 2 aromatic heterocycles. The maximum Gasteiger partial charge on any atom is 0.434 e. The van der Waals surface area contributed by atoms with Gasteiger partial charge in [-0.3, -0.25) is 9.98 Å². The Labute approximate surface area is 171 Å². The van der Waals surface area contributed by atoms with Crippen LogP contribution in [0, 0.1) is 6.92 Å². The van der Waals surface area contributed by atoms with Crippen molar-refractivity contribution in [3.63, 3.8) is 0 Å². The smallest absolute Gasteiger partial charge is 0.356 e. The van der Waals surface area contributed by atoms with Crippen LogP contribution in [-0.2, 0) is 19.0 Å². The monoisotopic (exact) mass is 499 g/mol. The molecule has 0 aromatic carbocycles. The van der Waals surface area contributed by atoms with Gasteiger partial charge in [-0.15, -0.1) is 35.3 Å². The van der Waals surface area contributed by atoms with Gasteiger partial charge in [-0.25, -0.2) is 4.98 Å². The fraction of sp³-hybridized carbons (Fsp3) is 0.438. The molecular weight excluding hydrogens is 478 g/mol. The van der Waals surface area contributed by atoms with Crippen LogP contribution < -0.4 is 10.6 Å². The third-order valence-corrected chi connectivity index (χ3v) is 4.43. The number of rotatable bonds is 6. The van der Waals surface area contributed by atoms with Crippen LogP contribution in [0.4, 0.5) is 13.2 Å². The van der Waals surface area contributed by atoms with Crippen LogP contribution >= 0.6 is 35.3 Å². The molecule has 0 fully saturated rings. The van der Waals surface area contributed by atoms with Crippen LogP contribution in [0.1, 0.15) is 21.8 Å². The van der Waals surface area contributed by atoms with Crippen molar-refractivity contribution in [1.82, 2.24) is 20.6 Å². The van der Waals surface area contributed by atoms with E-state index in [1.54, 1.807) is 13.2 Å². The highest BCUT2D eigenvalue weighted by molar-refractivity contribution is 14.0. The molecule has 0 saturated heterocycles. The van der Waals surface area contributed by atoms with E-state index in [0.29, 0.717) is 30.5 Å². The van der Waals surface area contributed by atoms with Crippen molar-refractivity contribution in [2.75, 3.05) is 20.1 Å². The van der Waals surface area contributed by atoms with Gasteiger partial charge in [0.1, 0.15) is 0 Å². The van der Waals surface area contributed by atoms with Crippen LogP contribution in [0.3, 0.4) is 0 Å². The minimum absolute atomic E-state index is 0. The molecule has 0 bridgehead atoms. The summed E-state index contributed by atoms with van der Waals surface area (Å²) in [6, 6.07) is 1.98. The molecule has 0 unspecified atom stereocenters. The summed E-state index contributed by atoms with van der Waals surface area (Å²) in [7, 11) is 1.65. The maximum absolute atomic E-state index is 12.5. The molecule has 10 heteroatoms. The molecule has 0 aliphatic heterocycles. The highest BCUT2D eigenvalue weighted by Gasteiger charge is 2.33. The second-order valence-corrected chi connectivity index (χ2v) is 6.29. The molecule has 144 valence electrons. The van der Waals surface area contributed by atoms with Crippen molar-refractivity contribution in [1.29, 1.82) is 0 Å². The third kappa shape index (κ3) is 7.06. The summed E-state index contributed by atoms with van der Waals surface area (Å²) in [5.74, 6) is 0.610. The first-order valence-electron chi connectivity index (χ1n) is 7.75. The number of halogens is 4. The summed E-state index contributed by atoms with van der Waals surface area (Å²) in [6.07, 6.45) is 0.441. The van der Waals surface area contributed by atoms with E-state index in [4.69, 9.17) is 0 Å². The van der Waals surface area contributed by atoms with Crippen molar-refractivity contribution in [2.24, 2.45) is 4.99 Å². The molecule has 0 amide bonds. The number of hydrogen-bond acceptors (Lipinski definition) is 4. The second kappa shape index (κ2) is 10.7. The molecular formula is C16H21F3IN5S. The van der Waals surface area contributed by atoms with Gasteiger partial charge in [-0.1, -0.05) is 0 Å². The van der Waals surface area contributed by atoms with Crippen molar-refractivity contribution in [3.05, 3.63) is 45.7 Å². The number of hydrogen-bond donors (Lipinski definition) is 2. The minimum Gasteiger partial charge on any atom is -0.356 e. The molecule has 5 nitrogen and oxygen atoms in total. The van der Waals surface area contributed by atoms with Crippen LogP contribution in [-0.4, -0.2) is 36.1 Å².